The van der Waals surface area contributed by atoms with Crippen molar-refractivity contribution in [2.24, 2.45) is 4.99 Å². The lowest BCUT2D eigenvalue weighted by Gasteiger charge is -2.19. The van der Waals surface area contributed by atoms with Gasteiger partial charge in [0.1, 0.15) is 15.8 Å². The molecule has 1 saturated heterocycles. The molecular formula is C26H18ClFN4OS3. The van der Waals surface area contributed by atoms with Crippen LogP contribution in [-0.4, -0.2) is 22.6 Å². The van der Waals surface area contributed by atoms with Gasteiger partial charge in [0.15, 0.2) is 5.17 Å². The van der Waals surface area contributed by atoms with Gasteiger partial charge in [0.25, 0.3) is 5.91 Å². The van der Waals surface area contributed by atoms with Gasteiger partial charge in [-0.3, -0.25) is 9.69 Å². The van der Waals surface area contributed by atoms with Crippen molar-refractivity contribution in [2.75, 3.05) is 16.3 Å². The topological polar surface area (TPSA) is 48.8 Å². The van der Waals surface area contributed by atoms with Crippen LogP contribution in [0.5, 0.6) is 0 Å². The first-order chi connectivity index (χ1) is 17.4. The maximum atomic E-state index is 13.9. The van der Waals surface area contributed by atoms with Gasteiger partial charge < -0.3 is 4.90 Å². The molecule has 0 radical (unpaired) electrons. The maximum absolute atomic E-state index is 13.9. The van der Waals surface area contributed by atoms with Crippen molar-refractivity contribution in [2.45, 2.75) is 18.7 Å². The number of hydrogen-bond donors (Lipinski definition) is 0. The number of benzene rings is 3. The lowest BCUT2D eigenvalue weighted by Crippen LogP contribution is -2.29. The lowest BCUT2D eigenvalue weighted by molar-refractivity contribution is -0.113. The van der Waals surface area contributed by atoms with Crippen LogP contribution in [0.25, 0.3) is 10.2 Å². The molecule has 180 valence electrons. The van der Waals surface area contributed by atoms with E-state index in [0.29, 0.717) is 27.3 Å². The smallest absolute Gasteiger partial charge is 0.274 e. The van der Waals surface area contributed by atoms with Crippen LogP contribution in [0.15, 0.2) is 80.5 Å². The number of thiazole rings is 1. The molecule has 10 heteroatoms. The van der Waals surface area contributed by atoms with Gasteiger partial charge in [-0.05, 0) is 86.3 Å². The molecule has 0 N–H and O–H groups in total. The lowest BCUT2D eigenvalue weighted by atomic mass is 10.2. The average molecular weight is 553 g/mol. The molecule has 1 amide bonds. The van der Waals surface area contributed by atoms with E-state index in [1.807, 2.05) is 50.2 Å². The number of hydrogen-bond acceptors (Lipinski definition) is 7. The highest BCUT2D eigenvalue weighted by molar-refractivity contribution is 8.20. The Morgan fingerprint density at radius 3 is 2.64 bits per heavy atom. The third-order valence-corrected chi connectivity index (χ3v) is 9.25. The monoisotopic (exact) mass is 552 g/mol. The number of aliphatic imine (C=N–C) groups is 1. The molecular weight excluding hydrogens is 535 g/mol. The zero-order valence-corrected chi connectivity index (χ0v) is 22.4. The summed E-state index contributed by atoms with van der Waals surface area (Å²) in [6, 6.07) is 17.5. The molecule has 0 unspecified atom stereocenters. The van der Waals surface area contributed by atoms with Gasteiger partial charge in [0, 0.05) is 16.5 Å². The number of nitrogens with zero attached hydrogens (tertiary/aromatic N) is 4. The van der Waals surface area contributed by atoms with Crippen LogP contribution in [0.2, 0.25) is 5.02 Å². The summed E-state index contributed by atoms with van der Waals surface area (Å²) < 4.78 is 14.7. The number of halogens is 2. The normalized spacial score (nSPS) is 18.7. The molecule has 0 atom stereocenters. The summed E-state index contributed by atoms with van der Waals surface area (Å²) in [4.78, 5) is 28.5. The third-order valence-electron chi connectivity index (χ3n) is 5.74. The molecule has 0 bridgehead atoms. The van der Waals surface area contributed by atoms with E-state index in [0.717, 1.165) is 36.5 Å². The average Bonchev–Trinajstić information content (AvgIpc) is 3.51. The quantitative estimate of drug-likeness (QED) is 0.241. The summed E-state index contributed by atoms with van der Waals surface area (Å²) in [6.07, 6.45) is 0. The molecule has 3 aromatic carbocycles. The predicted molar refractivity (Wildman–Crippen MR) is 150 cm³/mol. The van der Waals surface area contributed by atoms with E-state index in [2.05, 4.69) is 9.88 Å². The van der Waals surface area contributed by atoms with Crippen LogP contribution < -0.4 is 9.80 Å². The van der Waals surface area contributed by atoms with Gasteiger partial charge >= 0.3 is 0 Å². The summed E-state index contributed by atoms with van der Waals surface area (Å²) in [7, 11) is 0. The van der Waals surface area contributed by atoms with E-state index < -0.39 is 0 Å². The molecule has 1 aromatic heterocycles. The largest absolute Gasteiger partial charge is 0.334 e. The van der Waals surface area contributed by atoms with Crippen molar-refractivity contribution in [3.05, 3.63) is 86.4 Å². The molecule has 2 aliphatic rings. The van der Waals surface area contributed by atoms with Crippen molar-refractivity contribution in [1.82, 2.24) is 4.98 Å². The van der Waals surface area contributed by atoms with E-state index in [1.165, 1.54) is 23.9 Å². The Kier molecular flexibility index (Phi) is 6.03. The Morgan fingerprint density at radius 2 is 1.86 bits per heavy atom. The third kappa shape index (κ3) is 4.10. The molecule has 5 nitrogen and oxygen atoms in total. The number of carbonyl (C=O) groups is 1. The number of carbonyl (C=O) groups excluding carboxylic acids is 1. The summed E-state index contributed by atoms with van der Waals surface area (Å²) in [5, 5.41) is 2.99. The fourth-order valence-electron chi connectivity index (χ4n) is 4.14. The Morgan fingerprint density at radius 1 is 1.06 bits per heavy atom. The number of amides is 1. The first-order valence-corrected chi connectivity index (χ1v) is 14.0. The second kappa shape index (κ2) is 9.23. The SMILES string of the molecule is CCN1/C(=C2/SC(=Nc3ccc4nc(C)sc4c3)N(c3ccc(F)cc3)C2=O)Sc2ccc(Cl)cc21. The minimum atomic E-state index is -0.364. The number of amidine groups is 1. The van der Waals surface area contributed by atoms with E-state index in [-0.39, 0.29) is 11.7 Å². The zero-order valence-electron chi connectivity index (χ0n) is 19.2. The van der Waals surface area contributed by atoms with Gasteiger partial charge in [-0.1, -0.05) is 23.4 Å². The second-order valence-corrected chi connectivity index (χ2v) is 11.8. The summed E-state index contributed by atoms with van der Waals surface area (Å²) >= 11 is 10.7. The Labute approximate surface area is 224 Å². The first kappa shape index (κ1) is 23.5. The van der Waals surface area contributed by atoms with E-state index in [9.17, 15) is 9.18 Å². The molecule has 0 aliphatic carbocycles. The van der Waals surface area contributed by atoms with Crippen LogP contribution in [0, 0.1) is 12.7 Å². The fourth-order valence-corrected chi connectivity index (χ4v) is 7.54. The van der Waals surface area contributed by atoms with Gasteiger partial charge in [0.05, 0.1) is 32.3 Å². The molecule has 4 aromatic rings. The molecule has 1 fully saturated rings. The first-order valence-electron chi connectivity index (χ1n) is 11.1. The van der Waals surface area contributed by atoms with Gasteiger partial charge in [0.2, 0.25) is 0 Å². The molecule has 0 spiro atoms. The summed E-state index contributed by atoms with van der Waals surface area (Å²) in [5.41, 5.74) is 3.19. The van der Waals surface area contributed by atoms with E-state index >= 15 is 0 Å². The highest BCUT2D eigenvalue weighted by atomic mass is 35.5. The van der Waals surface area contributed by atoms with Crippen LogP contribution in [-0.2, 0) is 4.79 Å². The molecule has 36 heavy (non-hydrogen) atoms. The number of anilines is 2. The highest BCUT2D eigenvalue weighted by Gasteiger charge is 2.40. The highest BCUT2D eigenvalue weighted by Crippen LogP contribution is 2.51. The van der Waals surface area contributed by atoms with E-state index in [4.69, 9.17) is 16.6 Å². The van der Waals surface area contributed by atoms with Gasteiger partial charge in [-0.15, -0.1) is 11.3 Å². The van der Waals surface area contributed by atoms with Crippen molar-refractivity contribution < 1.29 is 9.18 Å². The Balaban J connectivity index is 1.47. The van der Waals surface area contributed by atoms with Crippen molar-refractivity contribution >= 4 is 84.8 Å². The molecule has 2 aliphatic heterocycles. The standard InChI is InChI=1S/C26H18ClFN4OS3/c1-3-31-20-12-15(27)4-11-21(20)35-25(31)23-24(33)32(18-8-5-16(28)6-9-18)26(36-23)30-17-7-10-19-22(13-17)34-14(2)29-19/h4-13H,3H2,1-2H3/b25-23-,30-26?. The minimum absolute atomic E-state index is 0.195. The fraction of sp³-hybridized carbons (Fsp3) is 0.115. The van der Waals surface area contributed by atoms with Crippen molar-refractivity contribution in [3.63, 3.8) is 0 Å². The van der Waals surface area contributed by atoms with Crippen molar-refractivity contribution in [3.8, 4) is 0 Å². The predicted octanol–water partition coefficient (Wildman–Crippen LogP) is 7.97. The van der Waals surface area contributed by atoms with Gasteiger partial charge in [-0.2, -0.15) is 0 Å². The van der Waals surface area contributed by atoms with Crippen LogP contribution >= 0.6 is 46.5 Å². The van der Waals surface area contributed by atoms with E-state index in [1.54, 1.807) is 40.1 Å². The maximum Gasteiger partial charge on any atom is 0.274 e. The number of aromatic nitrogens is 1. The number of fused-ring (bicyclic) bond motifs is 2. The Hall–Kier alpha value is -2.85. The Bertz CT molecular complexity index is 1600. The number of thioether (sulfide) groups is 2. The summed E-state index contributed by atoms with van der Waals surface area (Å²) in [6.45, 7) is 4.69. The second-order valence-electron chi connectivity index (χ2n) is 8.09. The zero-order chi connectivity index (χ0) is 25.0. The van der Waals surface area contributed by atoms with Gasteiger partial charge in [-0.25, -0.2) is 14.4 Å². The van der Waals surface area contributed by atoms with Crippen molar-refractivity contribution in [1.29, 1.82) is 0 Å². The van der Waals surface area contributed by atoms with Crippen LogP contribution in [0.3, 0.4) is 0 Å². The minimum Gasteiger partial charge on any atom is -0.334 e. The molecule has 6 rings (SSSR count). The molecule has 3 heterocycles. The van der Waals surface area contributed by atoms with Crippen LogP contribution in [0.4, 0.5) is 21.5 Å². The summed E-state index contributed by atoms with van der Waals surface area (Å²) in [5.74, 6) is -0.558. The number of rotatable bonds is 3. The number of aryl methyl sites for hydroxylation is 1. The van der Waals surface area contributed by atoms with Crippen LogP contribution in [0.1, 0.15) is 11.9 Å². The molecule has 0 saturated carbocycles.